The fraction of sp³-hybridized carbons (Fsp3) is 0. The Balaban J connectivity index is 0.000000136. The fourth-order valence-electron chi connectivity index (χ4n) is 15.9. The number of benzene rings is 16. The molecule has 0 aliphatic rings. The second kappa shape index (κ2) is 23.7. The van der Waals surface area contributed by atoms with E-state index < -0.39 is 0 Å². The van der Waals surface area contributed by atoms with Crippen LogP contribution in [-0.4, -0.2) is 18.3 Å². The molecule has 0 radical (unpaired) electrons. The van der Waals surface area contributed by atoms with Gasteiger partial charge in [-0.25, -0.2) is 0 Å². The molecule has 0 bridgehead atoms. The topological polar surface area (TPSA) is 32.9 Å². The van der Waals surface area contributed by atoms with Gasteiger partial charge in [-0.05, 0) is 177 Å². The van der Waals surface area contributed by atoms with Crippen LogP contribution in [0.25, 0.3) is 188 Å². The van der Waals surface area contributed by atoms with Crippen LogP contribution in [0.2, 0.25) is 0 Å². The van der Waals surface area contributed by atoms with Gasteiger partial charge in [-0.15, -0.1) is 0 Å². The monoisotopic (exact) mass is 1290 g/mol. The molecule has 0 saturated heterocycles. The van der Waals surface area contributed by atoms with Gasteiger partial charge in [-0.2, -0.15) is 0 Å². The molecule has 0 aliphatic heterocycles. The molecule has 0 unspecified atom stereocenters. The third kappa shape index (κ3) is 9.62. The van der Waals surface area contributed by atoms with Crippen molar-refractivity contribution in [3.05, 3.63) is 376 Å². The molecule has 0 amide bonds. The van der Waals surface area contributed by atoms with Gasteiger partial charge in [0.05, 0.1) is 49.8 Å². The zero-order chi connectivity index (χ0) is 66.5. The third-order valence-electron chi connectivity index (χ3n) is 20.7. The summed E-state index contributed by atoms with van der Waals surface area (Å²) < 4.78 is 16.0. The Morgan fingerprint density at radius 2 is 0.426 bits per heavy atom. The van der Waals surface area contributed by atoms with Gasteiger partial charge in [0, 0.05) is 70.9 Å². The van der Waals surface area contributed by atoms with E-state index >= 15 is 0 Å². The van der Waals surface area contributed by atoms with Gasteiger partial charge in [0.2, 0.25) is 0 Å². The van der Waals surface area contributed by atoms with Crippen molar-refractivity contribution in [2.75, 3.05) is 0 Å². The molecule has 0 saturated carbocycles. The van der Waals surface area contributed by atoms with Crippen LogP contribution >= 0.6 is 0 Å². The average molecular weight is 1290 g/mol. The summed E-state index contributed by atoms with van der Waals surface area (Å²) in [5, 5.41) is 12.2. The quantitative estimate of drug-likeness (QED) is 0.142. The zero-order valence-corrected chi connectivity index (χ0v) is 55.0. The van der Waals surface area contributed by atoms with Crippen LogP contribution in [-0.2, 0) is 0 Å². The maximum atomic E-state index is 6.51. The number of furan rings is 1. The highest BCUT2D eigenvalue weighted by molar-refractivity contribution is 6.16. The number of nitrogens with zero attached hydrogens (tertiary/aromatic N) is 4. The number of aromatic nitrogens is 4. The smallest absolute Gasteiger partial charge is 0.159 e. The summed E-state index contributed by atoms with van der Waals surface area (Å²) in [6.45, 7) is 0. The van der Waals surface area contributed by atoms with Crippen molar-refractivity contribution in [1.82, 2.24) is 18.3 Å². The molecular formula is C96H62N4O. The fourth-order valence-corrected chi connectivity index (χ4v) is 15.9. The highest BCUT2D eigenvalue weighted by Gasteiger charge is 2.21. The van der Waals surface area contributed by atoms with E-state index in [0.717, 1.165) is 50.0 Å². The lowest BCUT2D eigenvalue weighted by molar-refractivity contribution is 0.666. The number of fused-ring (bicyclic) bond motifs is 15. The molecule has 101 heavy (non-hydrogen) atoms. The summed E-state index contributed by atoms with van der Waals surface area (Å²) in [7, 11) is 0. The molecule has 472 valence electrons. The number of rotatable bonds is 9. The molecule has 0 fully saturated rings. The lowest BCUT2D eigenvalue weighted by atomic mass is 10.00. The molecular weight excluding hydrogens is 1230 g/mol. The van der Waals surface area contributed by atoms with Crippen molar-refractivity contribution in [1.29, 1.82) is 0 Å². The van der Waals surface area contributed by atoms with Crippen molar-refractivity contribution in [3.63, 3.8) is 0 Å². The second-order valence-corrected chi connectivity index (χ2v) is 26.3. The maximum absolute atomic E-state index is 6.51. The molecule has 5 nitrogen and oxygen atoms in total. The molecule has 0 spiro atoms. The first kappa shape index (κ1) is 57.7. The highest BCUT2D eigenvalue weighted by atomic mass is 16.3. The first-order valence-electron chi connectivity index (χ1n) is 34.6. The van der Waals surface area contributed by atoms with Crippen LogP contribution in [0.4, 0.5) is 0 Å². The van der Waals surface area contributed by atoms with Gasteiger partial charge >= 0.3 is 0 Å². The van der Waals surface area contributed by atoms with E-state index in [4.69, 9.17) is 4.42 Å². The number of para-hydroxylation sites is 7. The summed E-state index contributed by atoms with van der Waals surface area (Å²) in [5.41, 5.74) is 28.1. The van der Waals surface area contributed by atoms with Crippen LogP contribution in [0, 0.1) is 0 Å². The minimum Gasteiger partial charge on any atom is -0.454 e. The molecule has 5 heteroatoms. The first-order valence-corrected chi connectivity index (χ1v) is 34.6. The third-order valence-corrected chi connectivity index (χ3v) is 20.7. The van der Waals surface area contributed by atoms with E-state index in [1.165, 1.54) is 138 Å². The molecule has 21 rings (SSSR count). The Morgan fingerprint density at radius 3 is 0.822 bits per heavy atom. The molecule has 5 heterocycles. The van der Waals surface area contributed by atoms with Gasteiger partial charge in [0.15, 0.2) is 5.58 Å². The van der Waals surface area contributed by atoms with Crippen LogP contribution < -0.4 is 0 Å². The largest absolute Gasteiger partial charge is 0.454 e. The Morgan fingerprint density at radius 1 is 0.158 bits per heavy atom. The van der Waals surface area contributed by atoms with Gasteiger partial charge < -0.3 is 22.7 Å². The van der Waals surface area contributed by atoms with Crippen LogP contribution in [0.3, 0.4) is 0 Å². The minimum atomic E-state index is 0.905. The SMILES string of the molecule is c1ccc(-c2ccc(-c3ccc(-n4c5ccccc5c5cc(-c6ccc7c(c6)c6ccccc6n7-c6ccccc6)ccc54)cc3)cc2)cc1.c1ccc(-c2ccc(-n3c4ccccc4c4cc(-c5ccc6c(c5)c5ccccc5n6-c5cccc6c5oc5ccccc56)ccc43)cc2)cc1. The van der Waals surface area contributed by atoms with Crippen molar-refractivity contribution >= 4 is 109 Å². The minimum absolute atomic E-state index is 0.905. The van der Waals surface area contributed by atoms with Crippen LogP contribution in [0.1, 0.15) is 0 Å². The van der Waals surface area contributed by atoms with Gasteiger partial charge in [0.25, 0.3) is 0 Å². The van der Waals surface area contributed by atoms with E-state index in [1.54, 1.807) is 0 Å². The first-order chi connectivity index (χ1) is 50.1. The Kier molecular flexibility index (Phi) is 13.5. The van der Waals surface area contributed by atoms with E-state index in [-0.39, 0.29) is 0 Å². The average Bonchev–Trinajstić information content (AvgIpc) is 1.51. The number of hydrogen-bond donors (Lipinski definition) is 0. The predicted molar refractivity (Wildman–Crippen MR) is 425 cm³/mol. The summed E-state index contributed by atoms with van der Waals surface area (Å²) in [6, 6.07) is 136. The van der Waals surface area contributed by atoms with Crippen molar-refractivity contribution in [3.8, 4) is 78.4 Å². The lowest BCUT2D eigenvalue weighted by Crippen LogP contribution is -1.94. The van der Waals surface area contributed by atoms with Gasteiger partial charge in [-0.1, -0.05) is 255 Å². The lowest BCUT2D eigenvalue weighted by Gasteiger charge is -2.11. The van der Waals surface area contributed by atoms with Crippen molar-refractivity contribution < 1.29 is 4.42 Å². The van der Waals surface area contributed by atoms with Gasteiger partial charge in [-0.3, -0.25) is 0 Å². The maximum Gasteiger partial charge on any atom is 0.159 e. The molecule has 21 aromatic rings. The Bertz CT molecular complexity index is 6770. The van der Waals surface area contributed by atoms with Crippen LogP contribution in [0.5, 0.6) is 0 Å². The standard InChI is InChI=1S/C48H30N2O.C48H32N2/c1-2-11-31(12-3-1)32-21-25-35(26-22-32)49-42-17-7-4-13-36(42)40-29-33(23-27-44(40)49)34-24-28-45-41(30-34)37-14-5-8-18-43(37)50(45)46-19-10-16-39-38-15-6-9-20-47(38)51-48(39)46;1-3-11-33(12-4-1)34-19-21-35(22-20-34)36-23-27-40(28-24-36)50-46-18-10-8-16-42(46)44-32-38(26-30-48(44)50)37-25-29-47-43(31-37)41-15-7-9-17-45(41)49(47)39-13-5-2-6-14-39/h1-30H;1-32H. The summed E-state index contributed by atoms with van der Waals surface area (Å²) in [5.74, 6) is 0. The molecule has 0 aliphatic carbocycles. The van der Waals surface area contributed by atoms with E-state index in [0.29, 0.717) is 0 Å². The van der Waals surface area contributed by atoms with E-state index in [1.807, 2.05) is 12.1 Å². The van der Waals surface area contributed by atoms with Crippen molar-refractivity contribution in [2.24, 2.45) is 0 Å². The zero-order valence-electron chi connectivity index (χ0n) is 55.0. The normalized spacial score (nSPS) is 11.8. The van der Waals surface area contributed by atoms with Crippen LogP contribution in [0.15, 0.2) is 381 Å². The van der Waals surface area contributed by atoms with E-state index in [2.05, 4.69) is 382 Å². The van der Waals surface area contributed by atoms with Crippen molar-refractivity contribution in [2.45, 2.75) is 0 Å². The van der Waals surface area contributed by atoms with Gasteiger partial charge in [0.1, 0.15) is 5.58 Å². The Labute approximate surface area is 582 Å². The number of hydrogen-bond acceptors (Lipinski definition) is 1. The summed E-state index contributed by atoms with van der Waals surface area (Å²) in [6.07, 6.45) is 0. The summed E-state index contributed by atoms with van der Waals surface area (Å²) >= 11 is 0. The second-order valence-electron chi connectivity index (χ2n) is 26.3. The summed E-state index contributed by atoms with van der Waals surface area (Å²) in [4.78, 5) is 0. The predicted octanol–water partition coefficient (Wildman–Crippen LogP) is 26.0. The molecule has 0 atom stereocenters. The molecule has 5 aromatic heterocycles. The highest BCUT2D eigenvalue weighted by Crippen LogP contribution is 2.43. The molecule has 0 N–H and O–H groups in total. The molecule has 16 aromatic carbocycles. The van der Waals surface area contributed by atoms with E-state index in [9.17, 15) is 0 Å². The Hall–Kier alpha value is -13.5.